The van der Waals surface area contributed by atoms with E-state index >= 15 is 0 Å². The van der Waals surface area contributed by atoms with Crippen LogP contribution in [0.3, 0.4) is 0 Å². The number of nitrogens with one attached hydrogen (secondary N) is 2. The third-order valence-electron chi connectivity index (χ3n) is 5.30. The van der Waals surface area contributed by atoms with Crippen LogP contribution in [0.15, 0.2) is 59.6 Å². The number of rotatable bonds is 9. The molecule has 174 valence electrons. The van der Waals surface area contributed by atoms with E-state index in [2.05, 4.69) is 17.0 Å². The summed E-state index contributed by atoms with van der Waals surface area (Å²) in [6.07, 6.45) is 4.67. The fourth-order valence-electron chi connectivity index (χ4n) is 3.42. The lowest BCUT2D eigenvalue weighted by Gasteiger charge is -2.12. The zero-order chi connectivity index (χ0) is 24.2. The molecule has 2 amide bonds. The Morgan fingerprint density at radius 2 is 1.73 bits per heavy atom. The van der Waals surface area contributed by atoms with Crippen LogP contribution in [0.2, 0.25) is 0 Å². The second-order valence-corrected chi connectivity index (χ2v) is 9.61. The summed E-state index contributed by atoms with van der Waals surface area (Å²) in [6, 6.07) is 13.1. The average molecular weight is 469 g/mol. The third-order valence-corrected chi connectivity index (χ3v) is 6.68. The first kappa shape index (κ1) is 24.1. The van der Waals surface area contributed by atoms with Crippen molar-refractivity contribution in [2.24, 2.45) is 12.8 Å². The Balaban J connectivity index is 1.80. The maximum atomic E-state index is 12.9. The number of hydrogen-bond donors (Lipinski definition) is 3. The van der Waals surface area contributed by atoms with Crippen molar-refractivity contribution in [2.45, 2.75) is 38.0 Å². The van der Waals surface area contributed by atoms with E-state index in [1.54, 1.807) is 38.4 Å². The minimum Gasteiger partial charge on any atom is -0.364 e. The lowest BCUT2D eigenvalue weighted by Crippen LogP contribution is -2.17. The van der Waals surface area contributed by atoms with Crippen molar-refractivity contribution in [2.75, 3.05) is 10.0 Å². The molecule has 9 heteroatoms. The number of primary amides is 1. The van der Waals surface area contributed by atoms with E-state index in [9.17, 15) is 18.0 Å². The van der Waals surface area contributed by atoms with Gasteiger partial charge in [-0.05, 0) is 61.2 Å². The molecule has 0 aliphatic heterocycles. The molecule has 0 bridgehead atoms. The van der Waals surface area contributed by atoms with Gasteiger partial charge in [0.1, 0.15) is 5.69 Å². The standard InChI is InChI=1S/C24H28N4O4S/c1-4-5-6-17-8-10-18(11-9-17)27-33(31,32)20-12-7-16(2)21(14-20)24(30)26-19-13-22(23(25)29)28(3)15-19/h7-15,27H,4-6H2,1-3H3,(H2,25,29)(H,26,30). The van der Waals surface area contributed by atoms with Crippen LogP contribution in [0.25, 0.3) is 0 Å². The highest BCUT2D eigenvalue weighted by Gasteiger charge is 2.19. The van der Waals surface area contributed by atoms with Crippen LogP contribution >= 0.6 is 0 Å². The van der Waals surface area contributed by atoms with E-state index in [-0.39, 0.29) is 16.2 Å². The Kier molecular flexibility index (Phi) is 7.23. The van der Waals surface area contributed by atoms with Crippen molar-refractivity contribution >= 4 is 33.2 Å². The number of nitrogens with two attached hydrogens (primary N) is 1. The SMILES string of the molecule is CCCCc1ccc(NS(=O)(=O)c2ccc(C)c(C(=O)Nc3cc(C(N)=O)n(C)c3)c2)cc1. The number of aryl methyl sites for hydroxylation is 3. The molecule has 0 spiro atoms. The molecule has 3 rings (SSSR count). The van der Waals surface area contributed by atoms with Crippen molar-refractivity contribution in [3.63, 3.8) is 0 Å². The Morgan fingerprint density at radius 3 is 2.33 bits per heavy atom. The van der Waals surface area contributed by atoms with E-state index in [1.807, 2.05) is 12.1 Å². The van der Waals surface area contributed by atoms with Crippen LogP contribution in [0.1, 0.15) is 51.7 Å². The molecule has 1 aromatic heterocycles. The third kappa shape index (κ3) is 5.81. The molecule has 1 heterocycles. The van der Waals surface area contributed by atoms with Gasteiger partial charge in [-0.15, -0.1) is 0 Å². The van der Waals surface area contributed by atoms with E-state index in [0.717, 1.165) is 24.8 Å². The number of carbonyl (C=O) groups excluding carboxylic acids is 2. The first-order valence-electron chi connectivity index (χ1n) is 10.6. The predicted octanol–water partition coefficient (Wildman–Crippen LogP) is 3.83. The number of anilines is 2. The van der Waals surface area contributed by atoms with Gasteiger partial charge in [0.2, 0.25) is 0 Å². The largest absolute Gasteiger partial charge is 0.364 e. The molecule has 0 radical (unpaired) electrons. The van der Waals surface area contributed by atoms with E-state index < -0.39 is 21.8 Å². The fourth-order valence-corrected chi connectivity index (χ4v) is 4.51. The Labute approximate surface area is 193 Å². The lowest BCUT2D eigenvalue weighted by molar-refractivity contribution is 0.0990. The van der Waals surface area contributed by atoms with E-state index in [4.69, 9.17) is 5.73 Å². The van der Waals surface area contributed by atoms with Gasteiger partial charge in [0.05, 0.1) is 10.6 Å². The Morgan fingerprint density at radius 1 is 1.03 bits per heavy atom. The van der Waals surface area contributed by atoms with E-state index in [0.29, 0.717) is 16.9 Å². The Bertz CT molecular complexity index is 1280. The van der Waals surface area contributed by atoms with Crippen molar-refractivity contribution in [3.8, 4) is 0 Å². The number of nitrogens with zero attached hydrogens (tertiary/aromatic N) is 1. The number of unbranched alkanes of at least 4 members (excludes halogenated alkanes) is 1. The van der Waals surface area contributed by atoms with Gasteiger partial charge in [-0.1, -0.05) is 31.5 Å². The van der Waals surface area contributed by atoms with Crippen LogP contribution in [0.5, 0.6) is 0 Å². The van der Waals surface area contributed by atoms with Crippen molar-refractivity contribution < 1.29 is 18.0 Å². The molecule has 8 nitrogen and oxygen atoms in total. The Hall–Kier alpha value is -3.59. The lowest BCUT2D eigenvalue weighted by atomic mass is 10.1. The highest BCUT2D eigenvalue weighted by atomic mass is 32.2. The van der Waals surface area contributed by atoms with Gasteiger partial charge in [0.15, 0.2) is 0 Å². The van der Waals surface area contributed by atoms with Gasteiger partial charge in [-0.25, -0.2) is 8.42 Å². The number of amides is 2. The molecule has 0 atom stereocenters. The van der Waals surface area contributed by atoms with Crippen LogP contribution in [-0.2, 0) is 23.5 Å². The fraction of sp³-hybridized carbons (Fsp3) is 0.250. The van der Waals surface area contributed by atoms with Crippen molar-refractivity contribution in [1.29, 1.82) is 0 Å². The highest BCUT2D eigenvalue weighted by molar-refractivity contribution is 7.92. The highest BCUT2D eigenvalue weighted by Crippen LogP contribution is 2.22. The molecule has 2 aromatic carbocycles. The van der Waals surface area contributed by atoms with Crippen LogP contribution in [0.4, 0.5) is 11.4 Å². The summed E-state index contributed by atoms with van der Waals surface area (Å²) in [7, 11) is -2.26. The average Bonchev–Trinajstić information content (AvgIpc) is 3.13. The smallest absolute Gasteiger partial charge is 0.265 e. The van der Waals surface area contributed by atoms with Gasteiger partial charge in [-0.2, -0.15) is 0 Å². The monoisotopic (exact) mass is 468 g/mol. The maximum Gasteiger partial charge on any atom is 0.265 e. The summed E-state index contributed by atoms with van der Waals surface area (Å²) in [5.41, 5.74) is 8.34. The summed E-state index contributed by atoms with van der Waals surface area (Å²) in [6.45, 7) is 3.84. The first-order valence-corrected chi connectivity index (χ1v) is 12.1. The number of hydrogen-bond acceptors (Lipinski definition) is 4. The van der Waals surface area contributed by atoms with Crippen LogP contribution in [0, 0.1) is 6.92 Å². The molecule has 33 heavy (non-hydrogen) atoms. The molecule has 4 N–H and O–H groups in total. The van der Waals surface area contributed by atoms with Crippen LogP contribution < -0.4 is 15.8 Å². The van der Waals surface area contributed by atoms with Gasteiger partial charge >= 0.3 is 0 Å². The maximum absolute atomic E-state index is 12.9. The number of sulfonamides is 1. The molecule has 0 saturated carbocycles. The minimum absolute atomic E-state index is 0.0285. The predicted molar refractivity (Wildman–Crippen MR) is 129 cm³/mol. The topological polar surface area (TPSA) is 123 Å². The zero-order valence-electron chi connectivity index (χ0n) is 18.9. The molecule has 0 unspecified atom stereocenters. The molecule has 0 fully saturated rings. The summed E-state index contributed by atoms with van der Waals surface area (Å²) >= 11 is 0. The van der Waals surface area contributed by atoms with Crippen molar-refractivity contribution in [1.82, 2.24) is 4.57 Å². The van der Waals surface area contributed by atoms with Gasteiger partial charge in [-0.3, -0.25) is 14.3 Å². The summed E-state index contributed by atoms with van der Waals surface area (Å²) in [5, 5.41) is 2.68. The number of carbonyl (C=O) groups is 2. The van der Waals surface area contributed by atoms with Crippen LogP contribution in [-0.4, -0.2) is 24.8 Å². The second kappa shape index (κ2) is 9.91. The van der Waals surface area contributed by atoms with Gasteiger partial charge in [0.25, 0.3) is 21.8 Å². The van der Waals surface area contributed by atoms with Gasteiger partial charge < -0.3 is 15.6 Å². The number of benzene rings is 2. The summed E-state index contributed by atoms with van der Waals surface area (Å²) < 4.78 is 29.9. The van der Waals surface area contributed by atoms with Gasteiger partial charge in [0, 0.05) is 24.5 Å². The quantitative estimate of drug-likeness (QED) is 0.441. The minimum atomic E-state index is -3.90. The molecule has 0 aliphatic carbocycles. The van der Waals surface area contributed by atoms with Crippen molar-refractivity contribution in [3.05, 3.63) is 77.1 Å². The molecular formula is C24H28N4O4S. The first-order chi connectivity index (χ1) is 15.6. The normalized spacial score (nSPS) is 11.2. The summed E-state index contributed by atoms with van der Waals surface area (Å²) in [5.74, 6) is -1.11. The zero-order valence-corrected chi connectivity index (χ0v) is 19.7. The molecule has 0 aliphatic rings. The van der Waals surface area contributed by atoms with E-state index in [1.165, 1.54) is 22.8 Å². The molecule has 3 aromatic rings. The second-order valence-electron chi connectivity index (χ2n) is 7.93. The molecular weight excluding hydrogens is 440 g/mol. The molecule has 0 saturated heterocycles. The number of aromatic nitrogens is 1. The summed E-state index contributed by atoms with van der Waals surface area (Å²) in [4.78, 5) is 24.2.